The van der Waals surface area contributed by atoms with Gasteiger partial charge in [-0.2, -0.15) is 0 Å². The van der Waals surface area contributed by atoms with Crippen LogP contribution in [-0.4, -0.2) is 3.12 Å². The van der Waals surface area contributed by atoms with Crippen LogP contribution >= 0.6 is 46.8 Å². The normalized spacial score (nSPS) is 14.0. The van der Waals surface area contributed by atoms with E-state index < -0.39 is 3.12 Å². The predicted octanol–water partition coefficient (Wildman–Crippen LogP) is 4.74. The van der Waals surface area contributed by atoms with Crippen molar-refractivity contribution in [1.82, 2.24) is 0 Å². The van der Waals surface area contributed by atoms with Gasteiger partial charge in [-0.1, -0.05) is 65.1 Å². The summed E-state index contributed by atoms with van der Waals surface area (Å²) in [6.07, 6.45) is -0.100. The minimum Gasteiger partial charge on any atom is -0.303 e. The van der Waals surface area contributed by atoms with Gasteiger partial charge in [-0.25, -0.2) is 0 Å². The van der Waals surface area contributed by atoms with Gasteiger partial charge in [0.1, 0.15) is 0 Å². The number of hydrogen-bond donors (Lipinski definition) is 0. The van der Waals surface area contributed by atoms with E-state index in [-0.39, 0.29) is 6.10 Å². The van der Waals surface area contributed by atoms with Gasteiger partial charge in [-0.05, 0) is 12.5 Å². The molecule has 5 heteroatoms. The van der Waals surface area contributed by atoms with Crippen LogP contribution in [0.25, 0.3) is 0 Å². The molecule has 0 saturated carbocycles. The maximum atomic E-state index is 5.53. The Morgan fingerprint density at radius 2 is 1.79 bits per heavy atom. The average Bonchev–Trinajstić information content (AvgIpc) is 2.14. The fourth-order valence-corrected chi connectivity index (χ4v) is 1.60. The van der Waals surface area contributed by atoms with E-state index in [0.29, 0.717) is 0 Å². The number of halogens is 3. The summed E-state index contributed by atoms with van der Waals surface area (Å²) in [4.78, 5) is 0. The van der Waals surface area contributed by atoms with Crippen molar-refractivity contribution < 1.29 is 4.18 Å². The van der Waals surface area contributed by atoms with E-state index in [0.717, 1.165) is 17.6 Å². The Kier molecular flexibility index (Phi) is 4.88. The highest BCUT2D eigenvalue weighted by Crippen LogP contribution is 2.41. The Morgan fingerprint density at radius 3 is 2.29 bits per heavy atom. The molecule has 1 aromatic carbocycles. The molecule has 0 radical (unpaired) electrons. The third-order valence-corrected chi connectivity index (χ3v) is 2.70. The molecule has 0 spiro atoms. The molecule has 0 aliphatic heterocycles. The predicted molar refractivity (Wildman–Crippen MR) is 63.8 cm³/mol. The molecule has 1 atom stereocenters. The van der Waals surface area contributed by atoms with Crippen molar-refractivity contribution >= 4 is 46.8 Å². The summed E-state index contributed by atoms with van der Waals surface area (Å²) in [5.41, 5.74) is 1.05. The van der Waals surface area contributed by atoms with Gasteiger partial charge < -0.3 is 4.18 Å². The fraction of sp³-hybridized carbons (Fsp3) is 0.333. The maximum Gasteiger partial charge on any atom is 0.262 e. The van der Waals surface area contributed by atoms with Crippen LogP contribution in [0, 0.1) is 0 Å². The molecule has 78 valence electrons. The van der Waals surface area contributed by atoms with Crippen molar-refractivity contribution in [3.63, 3.8) is 0 Å². The van der Waals surface area contributed by atoms with Crippen LogP contribution in [0.2, 0.25) is 0 Å². The largest absolute Gasteiger partial charge is 0.303 e. The van der Waals surface area contributed by atoms with E-state index in [1.54, 1.807) is 0 Å². The first-order chi connectivity index (χ1) is 6.49. The quantitative estimate of drug-likeness (QED) is 0.580. The SMILES string of the molecule is CC(OSC(Cl)(Cl)Cl)c1ccccc1. The van der Waals surface area contributed by atoms with Crippen molar-refractivity contribution in [2.45, 2.75) is 16.2 Å². The molecule has 0 bridgehead atoms. The van der Waals surface area contributed by atoms with Crippen LogP contribution < -0.4 is 0 Å². The van der Waals surface area contributed by atoms with Crippen molar-refractivity contribution in [2.75, 3.05) is 0 Å². The summed E-state index contributed by atoms with van der Waals surface area (Å²) in [6.45, 7) is 1.90. The van der Waals surface area contributed by atoms with Crippen molar-refractivity contribution in [2.24, 2.45) is 0 Å². The highest BCUT2D eigenvalue weighted by atomic mass is 35.6. The second-order valence-corrected chi connectivity index (χ2v) is 6.60. The van der Waals surface area contributed by atoms with Gasteiger partial charge in [-0.3, -0.25) is 0 Å². The molecule has 0 fully saturated rings. The van der Waals surface area contributed by atoms with E-state index in [4.69, 9.17) is 39.0 Å². The highest BCUT2D eigenvalue weighted by Gasteiger charge is 2.23. The van der Waals surface area contributed by atoms with Crippen molar-refractivity contribution in [3.8, 4) is 0 Å². The fourth-order valence-electron chi connectivity index (χ4n) is 0.906. The Labute approximate surface area is 103 Å². The Balaban J connectivity index is 2.48. The molecule has 1 aromatic rings. The van der Waals surface area contributed by atoms with E-state index in [1.165, 1.54) is 0 Å². The molecular weight excluding hydrogens is 263 g/mol. The lowest BCUT2D eigenvalue weighted by molar-refractivity contribution is 0.272. The summed E-state index contributed by atoms with van der Waals surface area (Å²) >= 11 is 17.4. The lowest BCUT2D eigenvalue weighted by Crippen LogP contribution is -2.00. The molecule has 1 nitrogen and oxygen atoms in total. The number of rotatable bonds is 3. The molecule has 0 aliphatic carbocycles. The Morgan fingerprint density at radius 1 is 1.21 bits per heavy atom. The van der Waals surface area contributed by atoms with Gasteiger partial charge in [0.15, 0.2) is 0 Å². The van der Waals surface area contributed by atoms with Gasteiger partial charge >= 0.3 is 0 Å². The molecule has 0 aromatic heterocycles. The van der Waals surface area contributed by atoms with Gasteiger partial charge in [0.2, 0.25) is 0 Å². The van der Waals surface area contributed by atoms with Crippen LogP contribution in [-0.2, 0) is 4.18 Å². The van der Waals surface area contributed by atoms with E-state index in [1.807, 2.05) is 37.3 Å². The molecule has 1 rings (SSSR count). The van der Waals surface area contributed by atoms with Crippen LogP contribution in [0.5, 0.6) is 0 Å². The first-order valence-electron chi connectivity index (χ1n) is 3.95. The minimum absolute atomic E-state index is 0.100. The van der Waals surface area contributed by atoms with Crippen LogP contribution in [0.1, 0.15) is 18.6 Å². The lowest BCUT2D eigenvalue weighted by atomic mass is 10.1. The van der Waals surface area contributed by atoms with Gasteiger partial charge in [0, 0.05) is 12.0 Å². The zero-order valence-corrected chi connectivity index (χ0v) is 10.5. The third kappa shape index (κ3) is 4.76. The molecule has 0 heterocycles. The number of alkyl halides is 3. The average molecular weight is 272 g/mol. The topological polar surface area (TPSA) is 9.23 Å². The Hall–Kier alpha value is 0.400. The van der Waals surface area contributed by atoms with E-state index >= 15 is 0 Å². The molecule has 14 heavy (non-hydrogen) atoms. The van der Waals surface area contributed by atoms with Gasteiger partial charge in [0.25, 0.3) is 3.12 Å². The summed E-state index contributed by atoms with van der Waals surface area (Å²) in [5.74, 6) is 0. The molecule has 0 N–H and O–H groups in total. The minimum atomic E-state index is -1.43. The first kappa shape index (κ1) is 12.5. The molecule has 0 amide bonds. The Bertz CT molecular complexity index is 273. The number of benzene rings is 1. The van der Waals surface area contributed by atoms with Crippen LogP contribution in [0.3, 0.4) is 0 Å². The first-order valence-corrected chi connectivity index (χ1v) is 5.83. The summed E-state index contributed by atoms with van der Waals surface area (Å²) in [6, 6.07) is 9.75. The van der Waals surface area contributed by atoms with Gasteiger partial charge in [-0.15, -0.1) is 0 Å². The summed E-state index contributed by atoms with van der Waals surface area (Å²) < 4.78 is 3.89. The smallest absolute Gasteiger partial charge is 0.262 e. The standard InChI is InChI=1S/C9H9Cl3OS/c1-7(13-14-9(10,11)12)8-5-3-2-4-6-8/h2-7H,1H3. The molecular formula is C9H9Cl3OS. The summed E-state index contributed by atoms with van der Waals surface area (Å²) in [7, 11) is 0. The van der Waals surface area contributed by atoms with E-state index in [2.05, 4.69) is 0 Å². The van der Waals surface area contributed by atoms with Crippen LogP contribution in [0.15, 0.2) is 30.3 Å². The van der Waals surface area contributed by atoms with Gasteiger partial charge in [0.05, 0.1) is 6.10 Å². The van der Waals surface area contributed by atoms with Crippen molar-refractivity contribution in [1.29, 1.82) is 0 Å². The number of hydrogen-bond acceptors (Lipinski definition) is 2. The van der Waals surface area contributed by atoms with Crippen LogP contribution in [0.4, 0.5) is 0 Å². The van der Waals surface area contributed by atoms with E-state index in [9.17, 15) is 0 Å². The van der Waals surface area contributed by atoms with Crippen molar-refractivity contribution in [3.05, 3.63) is 35.9 Å². The zero-order valence-electron chi connectivity index (χ0n) is 7.41. The molecule has 0 aliphatic rings. The second kappa shape index (κ2) is 5.47. The zero-order chi connectivity index (χ0) is 10.6. The molecule has 0 saturated heterocycles. The lowest BCUT2D eigenvalue weighted by Gasteiger charge is -2.15. The maximum absolute atomic E-state index is 5.53. The monoisotopic (exact) mass is 270 g/mol. The second-order valence-electron chi connectivity index (χ2n) is 2.68. The summed E-state index contributed by atoms with van der Waals surface area (Å²) in [5, 5.41) is 0. The highest BCUT2D eigenvalue weighted by molar-refractivity contribution is 8.00. The molecule has 1 unspecified atom stereocenters. The third-order valence-electron chi connectivity index (χ3n) is 1.56.